The van der Waals surface area contributed by atoms with Crippen LogP contribution in [0.5, 0.6) is 0 Å². The molecule has 8 atom stereocenters. The van der Waals surface area contributed by atoms with Gasteiger partial charge in [0.15, 0.2) is 5.78 Å². The van der Waals surface area contributed by atoms with E-state index in [9.17, 15) is 24.9 Å². The van der Waals surface area contributed by atoms with E-state index in [1.807, 2.05) is 13.0 Å². The Hall–Kier alpha value is -1.54. The number of nitrogens with two attached hydrogens (primary N) is 1. The predicted octanol–water partition coefficient (Wildman–Crippen LogP) is 2.81. The highest BCUT2D eigenvalue weighted by atomic mass is 16.6. The first-order valence-corrected chi connectivity index (χ1v) is 13.8. The number of carbonyl (C=O) groups excluding carboxylic acids is 2. The number of ketones is 1. The Kier molecular flexibility index (Phi) is 6.15. The third-order valence-corrected chi connectivity index (χ3v) is 10.8. The summed E-state index contributed by atoms with van der Waals surface area (Å²) < 4.78 is 6.31. The summed E-state index contributed by atoms with van der Waals surface area (Å²) in [4.78, 5) is 26.3. The van der Waals surface area contributed by atoms with Crippen LogP contribution in [0.1, 0.15) is 79.1 Å². The van der Waals surface area contributed by atoms with Crippen LogP contribution < -0.4 is 5.73 Å². The zero-order valence-electron chi connectivity index (χ0n) is 22.1. The summed E-state index contributed by atoms with van der Waals surface area (Å²) in [5.74, 6) is -2.18. The van der Waals surface area contributed by atoms with Crippen LogP contribution in [0.3, 0.4) is 0 Å². The lowest BCUT2D eigenvalue weighted by molar-refractivity contribution is -0.188. The quantitative estimate of drug-likeness (QED) is 0.337. The summed E-state index contributed by atoms with van der Waals surface area (Å²) >= 11 is 0. The smallest absolute Gasteiger partial charge is 0.323 e. The van der Waals surface area contributed by atoms with Crippen molar-refractivity contribution in [3.63, 3.8) is 0 Å². The van der Waals surface area contributed by atoms with Gasteiger partial charge in [0.2, 0.25) is 0 Å². The molecule has 0 aliphatic heterocycles. The predicted molar refractivity (Wildman–Crippen MR) is 134 cm³/mol. The molecular weight excluding hydrogens is 458 g/mol. The zero-order chi connectivity index (χ0) is 26.3. The van der Waals surface area contributed by atoms with Gasteiger partial charge in [0.25, 0.3) is 0 Å². The lowest BCUT2D eigenvalue weighted by Crippen LogP contribution is -2.61. The average molecular weight is 502 g/mol. The van der Waals surface area contributed by atoms with Crippen LogP contribution in [0.2, 0.25) is 0 Å². The van der Waals surface area contributed by atoms with Crippen LogP contribution >= 0.6 is 0 Å². The first-order chi connectivity index (χ1) is 16.8. The number of Topliss-reactive ketones (excluding diaryl/α,β-unsaturated/α-hetero) is 1. The molecule has 0 bridgehead atoms. The zero-order valence-corrected chi connectivity index (χ0v) is 22.1. The Balaban J connectivity index is 1.46. The lowest BCUT2D eigenvalue weighted by Gasteiger charge is -2.50. The van der Waals surface area contributed by atoms with Gasteiger partial charge in [-0.2, -0.15) is 0 Å². The van der Waals surface area contributed by atoms with E-state index in [2.05, 4.69) is 13.8 Å². The van der Waals surface area contributed by atoms with Crippen LogP contribution in [-0.4, -0.2) is 56.5 Å². The maximum atomic E-state index is 13.3. The molecule has 0 radical (unpaired) electrons. The first-order valence-electron chi connectivity index (χ1n) is 13.8. The molecule has 7 nitrogen and oxygen atoms in total. The fourth-order valence-corrected chi connectivity index (χ4v) is 8.73. The molecule has 200 valence electrons. The fourth-order valence-electron chi connectivity index (χ4n) is 8.73. The van der Waals surface area contributed by atoms with Crippen LogP contribution in [0.15, 0.2) is 23.3 Å². The van der Waals surface area contributed by atoms with Gasteiger partial charge < -0.3 is 25.8 Å². The van der Waals surface area contributed by atoms with Crippen molar-refractivity contribution in [2.45, 2.75) is 102 Å². The van der Waals surface area contributed by atoms with Crippen LogP contribution in [0.25, 0.3) is 0 Å². The van der Waals surface area contributed by atoms with E-state index in [-0.39, 0.29) is 36.6 Å². The third kappa shape index (κ3) is 3.45. The van der Waals surface area contributed by atoms with Crippen LogP contribution in [-0.2, 0) is 14.3 Å². The summed E-state index contributed by atoms with van der Waals surface area (Å²) in [5, 5.41) is 34.1. The van der Waals surface area contributed by atoms with Crippen molar-refractivity contribution in [3.05, 3.63) is 23.3 Å². The highest BCUT2D eigenvalue weighted by molar-refractivity contribution is 6.04. The Morgan fingerprint density at radius 3 is 2.50 bits per heavy atom. The molecule has 0 saturated heterocycles. The Bertz CT molecular complexity index is 1010. The highest BCUT2D eigenvalue weighted by Gasteiger charge is 2.83. The van der Waals surface area contributed by atoms with Gasteiger partial charge in [-0.05, 0) is 42.7 Å². The van der Waals surface area contributed by atoms with Crippen LogP contribution in [0, 0.1) is 35.0 Å². The van der Waals surface area contributed by atoms with Crippen molar-refractivity contribution in [1.82, 2.24) is 0 Å². The van der Waals surface area contributed by atoms with Gasteiger partial charge in [-0.1, -0.05) is 65.0 Å². The van der Waals surface area contributed by atoms with Gasteiger partial charge >= 0.3 is 5.97 Å². The first kappa shape index (κ1) is 26.1. The molecule has 5 rings (SSSR count). The molecule has 0 aromatic carbocycles. The number of fused-ring (bicyclic) bond motifs is 5. The SMILES string of the molecule is CC1=C[C@H]2[C@@]3(O)[C@H](C)C[C@]4(OC(=O)[C@H](N)CC5CCCCC5)[C@H]([C@@H]3C=C(CO)C[C@]2(O)C1=O)C4(C)C. The molecule has 0 aromatic heterocycles. The van der Waals surface area contributed by atoms with E-state index < -0.39 is 40.1 Å². The molecule has 0 heterocycles. The van der Waals surface area contributed by atoms with Crippen molar-refractivity contribution >= 4 is 11.8 Å². The Labute approximate surface area is 214 Å². The molecule has 36 heavy (non-hydrogen) atoms. The number of ether oxygens (including phenoxy) is 1. The minimum absolute atomic E-state index is 0.0153. The van der Waals surface area contributed by atoms with E-state index in [4.69, 9.17) is 10.5 Å². The molecule has 5 aliphatic rings. The summed E-state index contributed by atoms with van der Waals surface area (Å²) in [7, 11) is 0. The van der Waals surface area contributed by atoms with E-state index in [1.54, 1.807) is 13.0 Å². The van der Waals surface area contributed by atoms with E-state index in [0.717, 1.165) is 12.8 Å². The lowest BCUT2D eigenvalue weighted by atomic mass is 9.60. The average Bonchev–Trinajstić information content (AvgIpc) is 3.23. The number of aliphatic hydroxyl groups excluding tert-OH is 1. The Morgan fingerprint density at radius 2 is 1.86 bits per heavy atom. The molecule has 5 N–H and O–H groups in total. The molecule has 7 heteroatoms. The molecule has 0 spiro atoms. The van der Waals surface area contributed by atoms with Gasteiger partial charge in [0.05, 0.1) is 12.2 Å². The minimum atomic E-state index is -1.78. The maximum absolute atomic E-state index is 13.3. The maximum Gasteiger partial charge on any atom is 0.323 e. The minimum Gasteiger partial charge on any atom is -0.457 e. The van der Waals surface area contributed by atoms with Gasteiger partial charge in [-0.25, -0.2) is 0 Å². The van der Waals surface area contributed by atoms with Crippen molar-refractivity contribution < 1.29 is 29.6 Å². The molecule has 0 aromatic rings. The number of carbonyl (C=O) groups is 2. The summed E-state index contributed by atoms with van der Waals surface area (Å²) in [6.45, 7) is 7.39. The Morgan fingerprint density at radius 1 is 1.19 bits per heavy atom. The molecular formula is C29H43NO6. The number of aliphatic hydroxyl groups is 3. The largest absolute Gasteiger partial charge is 0.457 e. The molecule has 0 unspecified atom stereocenters. The molecule has 0 amide bonds. The van der Waals surface area contributed by atoms with Crippen molar-refractivity contribution in [2.24, 2.45) is 40.7 Å². The number of esters is 1. The second-order valence-electron chi connectivity index (χ2n) is 13.1. The molecule has 5 aliphatic carbocycles. The molecule has 3 fully saturated rings. The van der Waals surface area contributed by atoms with Gasteiger partial charge in [0, 0.05) is 29.6 Å². The van der Waals surface area contributed by atoms with E-state index >= 15 is 0 Å². The second kappa shape index (κ2) is 8.48. The number of hydrogen-bond donors (Lipinski definition) is 4. The summed E-state index contributed by atoms with van der Waals surface area (Å²) in [5.41, 5.74) is 2.91. The molecule has 3 saturated carbocycles. The van der Waals surface area contributed by atoms with Crippen molar-refractivity contribution in [3.8, 4) is 0 Å². The number of rotatable bonds is 5. The second-order valence-corrected chi connectivity index (χ2v) is 13.1. The van der Waals surface area contributed by atoms with E-state index in [0.29, 0.717) is 29.9 Å². The monoisotopic (exact) mass is 501 g/mol. The van der Waals surface area contributed by atoms with Crippen molar-refractivity contribution in [2.75, 3.05) is 6.61 Å². The third-order valence-electron chi connectivity index (χ3n) is 10.8. The van der Waals surface area contributed by atoms with Gasteiger partial charge in [-0.3, -0.25) is 9.59 Å². The summed E-state index contributed by atoms with van der Waals surface area (Å²) in [6, 6.07) is -0.670. The van der Waals surface area contributed by atoms with Gasteiger partial charge in [-0.15, -0.1) is 0 Å². The van der Waals surface area contributed by atoms with E-state index in [1.165, 1.54) is 19.3 Å². The standard InChI is InChI=1S/C29H43NO6/c1-16-10-22-27(34,24(16)32)14-19(15-31)11-20-23-26(3,4)28(23,13-17(2)29(20,22)35)36-25(33)21(30)12-18-8-6-5-7-9-18/h10-11,17-18,20-23,31,34-35H,5-9,12-15,30H2,1-4H3/t17-,20+,21-,22-,23-,27-,28+,29-/m1/s1. The van der Waals surface area contributed by atoms with Gasteiger partial charge in [0.1, 0.15) is 17.2 Å². The fraction of sp³-hybridized carbons (Fsp3) is 0.793. The highest BCUT2D eigenvalue weighted by Crippen LogP contribution is 2.76. The normalized spacial score (nSPS) is 44.4. The topological polar surface area (TPSA) is 130 Å². The van der Waals surface area contributed by atoms with Crippen molar-refractivity contribution in [1.29, 1.82) is 0 Å². The van der Waals surface area contributed by atoms with Crippen LogP contribution in [0.4, 0.5) is 0 Å². The number of hydrogen-bond acceptors (Lipinski definition) is 7. The summed E-state index contributed by atoms with van der Waals surface area (Å²) in [6.07, 6.45) is 10.5.